The first-order chi connectivity index (χ1) is 10.9. The van der Waals surface area contributed by atoms with Crippen molar-refractivity contribution < 1.29 is 19.1 Å². The maximum Gasteiger partial charge on any atom is 0.331 e. The van der Waals surface area contributed by atoms with Crippen LogP contribution >= 0.6 is 45.2 Å². The number of methoxy groups -OCH3 is 1. The minimum absolute atomic E-state index is 0.0241. The second-order valence-electron chi connectivity index (χ2n) is 4.53. The molecule has 6 nitrogen and oxygen atoms in total. The third-order valence-electron chi connectivity index (χ3n) is 3.04. The average molecular weight is 538 g/mol. The van der Waals surface area contributed by atoms with Gasteiger partial charge in [0, 0.05) is 15.7 Å². The van der Waals surface area contributed by atoms with E-state index in [9.17, 15) is 14.4 Å². The number of amides is 4. The summed E-state index contributed by atoms with van der Waals surface area (Å²) in [4.78, 5) is 37.0. The molecule has 2 rings (SSSR count). The van der Waals surface area contributed by atoms with Crippen LogP contribution in [0.4, 0.5) is 4.79 Å². The Morgan fingerprint density at radius 3 is 2.61 bits per heavy atom. The Morgan fingerprint density at radius 2 is 2.00 bits per heavy atom. The van der Waals surface area contributed by atoms with Crippen molar-refractivity contribution in [3.05, 3.63) is 43.1 Å². The van der Waals surface area contributed by atoms with E-state index in [0.29, 0.717) is 11.3 Å². The molecule has 1 aromatic carbocycles. The molecule has 0 spiro atoms. The Balaban J connectivity index is 2.53. The van der Waals surface area contributed by atoms with Gasteiger partial charge in [0.15, 0.2) is 0 Å². The summed E-state index contributed by atoms with van der Waals surface area (Å²) in [6, 6.07) is 2.96. The van der Waals surface area contributed by atoms with E-state index in [1.165, 1.54) is 19.3 Å². The molecule has 23 heavy (non-hydrogen) atoms. The molecule has 0 saturated carbocycles. The molecular formula is C15H12I2N2O4. The van der Waals surface area contributed by atoms with Crippen LogP contribution in [0.2, 0.25) is 0 Å². The number of barbiturate groups is 1. The van der Waals surface area contributed by atoms with Crippen LogP contribution in [-0.2, 0) is 9.59 Å². The number of hydrogen-bond donors (Lipinski definition) is 1. The SMILES string of the molecule is C=CCN1C(=O)NC(=O)/C(=C\c2cc(I)cc(I)c2OC)C1=O. The molecule has 0 unspecified atom stereocenters. The van der Waals surface area contributed by atoms with Crippen LogP contribution in [0.25, 0.3) is 6.08 Å². The molecule has 0 aliphatic carbocycles. The highest BCUT2D eigenvalue weighted by Gasteiger charge is 2.35. The van der Waals surface area contributed by atoms with Crippen molar-refractivity contribution >= 4 is 69.1 Å². The number of carbonyl (C=O) groups excluding carboxylic acids is 3. The van der Waals surface area contributed by atoms with Gasteiger partial charge in [-0.15, -0.1) is 6.58 Å². The van der Waals surface area contributed by atoms with Crippen molar-refractivity contribution in [2.45, 2.75) is 0 Å². The molecule has 1 aliphatic rings. The van der Waals surface area contributed by atoms with Crippen molar-refractivity contribution in [3.8, 4) is 5.75 Å². The minimum atomic E-state index is -0.749. The van der Waals surface area contributed by atoms with Crippen molar-refractivity contribution in [1.29, 1.82) is 0 Å². The second kappa shape index (κ2) is 7.43. The molecule has 1 aromatic rings. The first-order valence-corrected chi connectivity index (χ1v) is 8.57. The van der Waals surface area contributed by atoms with Crippen molar-refractivity contribution in [3.63, 3.8) is 0 Å². The normalized spacial score (nSPS) is 16.6. The maximum absolute atomic E-state index is 12.4. The van der Waals surface area contributed by atoms with E-state index >= 15 is 0 Å². The highest BCUT2D eigenvalue weighted by molar-refractivity contribution is 14.1. The monoisotopic (exact) mass is 538 g/mol. The number of nitrogens with zero attached hydrogens (tertiary/aromatic N) is 1. The number of carbonyl (C=O) groups is 3. The predicted octanol–water partition coefficient (Wildman–Crippen LogP) is 2.55. The lowest BCUT2D eigenvalue weighted by Crippen LogP contribution is -2.54. The number of halogens is 2. The van der Waals surface area contributed by atoms with E-state index in [-0.39, 0.29) is 12.1 Å². The van der Waals surface area contributed by atoms with Gasteiger partial charge in [-0.3, -0.25) is 19.8 Å². The zero-order valence-corrected chi connectivity index (χ0v) is 16.4. The van der Waals surface area contributed by atoms with Gasteiger partial charge in [-0.1, -0.05) is 6.08 Å². The quantitative estimate of drug-likeness (QED) is 0.277. The lowest BCUT2D eigenvalue weighted by molar-refractivity contribution is -0.129. The zero-order valence-electron chi connectivity index (χ0n) is 12.1. The minimum Gasteiger partial charge on any atom is -0.495 e. The number of benzene rings is 1. The van der Waals surface area contributed by atoms with Gasteiger partial charge in [-0.25, -0.2) is 4.79 Å². The van der Waals surface area contributed by atoms with Crippen molar-refractivity contribution in [1.82, 2.24) is 10.2 Å². The smallest absolute Gasteiger partial charge is 0.331 e. The van der Waals surface area contributed by atoms with E-state index < -0.39 is 17.8 Å². The van der Waals surface area contributed by atoms with E-state index in [4.69, 9.17) is 4.74 Å². The highest BCUT2D eigenvalue weighted by Crippen LogP contribution is 2.30. The van der Waals surface area contributed by atoms with Crippen LogP contribution in [-0.4, -0.2) is 36.4 Å². The van der Waals surface area contributed by atoms with E-state index in [2.05, 4.69) is 57.1 Å². The fourth-order valence-electron chi connectivity index (χ4n) is 2.05. The second-order valence-corrected chi connectivity index (χ2v) is 6.94. The largest absolute Gasteiger partial charge is 0.495 e. The summed E-state index contributed by atoms with van der Waals surface area (Å²) < 4.78 is 7.13. The van der Waals surface area contributed by atoms with Gasteiger partial charge in [-0.05, 0) is 63.4 Å². The van der Waals surface area contributed by atoms with Gasteiger partial charge in [-0.2, -0.15) is 0 Å². The topological polar surface area (TPSA) is 75.7 Å². The standard InChI is InChI=1S/C15H12I2N2O4/c1-3-4-19-14(21)10(13(20)18-15(19)22)6-8-5-9(16)7-11(17)12(8)23-2/h3,5-7H,1,4H2,2H3,(H,18,20,22)/b10-6+. The summed E-state index contributed by atoms with van der Waals surface area (Å²) in [5.41, 5.74) is 0.470. The third kappa shape index (κ3) is 3.74. The Hall–Kier alpha value is -1.43. The van der Waals surface area contributed by atoms with Crippen LogP contribution in [0.3, 0.4) is 0 Å². The molecule has 0 radical (unpaired) electrons. The number of ether oxygens (including phenoxy) is 1. The van der Waals surface area contributed by atoms with Gasteiger partial charge >= 0.3 is 6.03 Å². The number of nitrogens with one attached hydrogen (secondary N) is 1. The van der Waals surface area contributed by atoms with E-state index in [1.54, 1.807) is 6.07 Å². The Kier molecular flexibility index (Phi) is 5.79. The molecule has 0 bridgehead atoms. The van der Waals surface area contributed by atoms with Gasteiger partial charge < -0.3 is 4.74 Å². The van der Waals surface area contributed by atoms with Crippen LogP contribution in [0.5, 0.6) is 5.75 Å². The molecule has 0 aromatic heterocycles. The number of imide groups is 2. The van der Waals surface area contributed by atoms with Gasteiger partial charge in [0.2, 0.25) is 0 Å². The lowest BCUT2D eigenvalue weighted by atomic mass is 10.1. The molecule has 4 amide bonds. The summed E-state index contributed by atoms with van der Waals surface area (Å²) in [6.45, 7) is 3.53. The Bertz CT molecular complexity index is 743. The van der Waals surface area contributed by atoms with E-state index in [0.717, 1.165) is 12.0 Å². The number of urea groups is 1. The molecule has 0 atom stereocenters. The molecule has 120 valence electrons. The molecule has 8 heteroatoms. The summed E-state index contributed by atoms with van der Waals surface area (Å²) in [5, 5.41) is 2.15. The summed E-state index contributed by atoms with van der Waals surface area (Å²) in [7, 11) is 1.52. The summed E-state index contributed by atoms with van der Waals surface area (Å²) in [5.74, 6) is -0.822. The van der Waals surface area contributed by atoms with Crippen LogP contribution in [0, 0.1) is 7.14 Å². The van der Waals surface area contributed by atoms with Crippen molar-refractivity contribution in [2.24, 2.45) is 0 Å². The van der Waals surface area contributed by atoms with Gasteiger partial charge in [0.1, 0.15) is 11.3 Å². The van der Waals surface area contributed by atoms with Crippen LogP contribution in [0.15, 0.2) is 30.4 Å². The molecule has 1 fully saturated rings. The summed E-state index contributed by atoms with van der Waals surface area (Å²) >= 11 is 4.25. The number of rotatable bonds is 4. The first-order valence-electron chi connectivity index (χ1n) is 6.41. The summed E-state index contributed by atoms with van der Waals surface area (Å²) in [6.07, 6.45) is 2.85. The molecule has 1 saturated heterocycles. The number of hydrogen-bond acceptors (Lipinski definition) is 4. The Labute approximate surface area is 160 Å². The maximum atomic E-state index is 12.4. The fraction of sp³-hybridized carbons (Fsp3) is 0.133. The van der Waals surface area contributed by atoms with Gasteiger partial charge in [0.05, 0.1) is 10.7 Å². The molecule has 1 heterocycles. The zero-order chi connectivity index (χ0) is 17.1. The molecule has 1 aliphatic heterocycles. The predicted molar refractivity (Wildman–Crippen MR) is 102 cm³/mol. The highest BCUT2D eigenvalue weighted by atomic mass is 127. The average Bonchev–Trinajstić information content (AvgIpc) is 2.47. The first kappa shape index (κ1) is 17.9. The molecular weight excluding hydrogens is 526 g/mol. The lowest BCUT2D eigenvalue weighted by Gasteiger charge is -2.25. The third-order valence-corrected chi connectivity index (χ3v) is 4.46. The molecule has 1 N–H and O–H groups in total. The fourth-order valence-corrected chi connectivity index (χ4v) is 4.16. The van der Waals surface area contributed by atoms with Crippen molar-refractivity contribution in [2.75, 3.05) is 13.7 Å². The van der Waals surface area contributed by atoms with Crippen LogP contribution < -0.4 is 10.1 Å². The Morgan fingerprint density at radius 1 is 1.30 bits per heavy atom. The van der Waals surface area contributed by atoms with Gasteiger partial charge in [0.25, 0.3) is 11.8 Å². The van der Waals surface area contributed by atoms with E-state index in [1.807, 2.05) is 6.07 Å². The van der Waals surface area contributed by atoms with Crippen LogP contribution in [0.1, 0.15) is 5.56 Å².